The van der Waals surface area contributed by atoms with Gasteiger partial charge in [0, 0.05) is 17.8 Å². The molecule has 1 amide bonds. The third-order valence-corrected chi connectivity index (χ3v) is 3.85. The molecule has 0 unspecified atom stereocenters. The number of hydrogen-bond acceptors (Lipinski definition) is 3. The number of benzene rings is 1. The molecule has 0 saturated heterocycles. The smallest absolute Gasteiger partial charge is 0.267 e. The van der Waals surface area contributed by atoms with Crippen LogP contribution in [0, 0.1) is 27.7 Å². The largest absolute Gasteiger partial charge is 0.485 e. The molecule has 0 aliphatic heterocycles. The minimum atomic E-state index is -0.202. The highest BCUT2D eigenvalue weighted by Gasteiger charge is 2.21. The summed E-state index contributed by atoms with van der Waals surface area (Å²) >= 11 is 0. The Morgan fingerprint density at radius 2 is 1.71 bits per heavy atom. The Kier molecular flexibility index (Phi) is 5.44. The molecule has 5 heteroatoms. The van der Waals surface area contributed by atoms with E-state index >= 15 is 0 Å². The number of Topliss-reactive ketones (excluding diaryl/α,β-unsaturated/α-hetero) is 1. The van der Waals surface area contributed by atoms with Crippen LogP contribution < -0.4 is 10.1 Å². The lowest BCUT2D eigenvalue weighted by molar-refractivity contribution is 0.0920. The van der Waals surface area contributed by atoms with Gasteiger partial charge in [0.25, 0.3) is 5.91 Å². The number of aromatic nitrogens is 1. The second-order valence-electron chi connectivity index (χ2n) is 6.02. The van der Waals surface area contributed by atoms with Gasteiger partial charge in [0.15, 0.2) is 6.61 Å². The van der Waals surface area contributed by atoms with Crippen LogP contribution in [0.25, 0.3) is 0 Å². The van der Waals surface area contributed by atoms with Crippen molar-refractivity contribution in [3.8, 4) is 5.75 Å². The highest BCUT2D eigenvalue weighted by molar-refractivity contribution is 6.04. The van der Waals surface area contributed by atoms with E-state index in [9.17, 15) is 9.59 Å². The zero-order valence-corrected chi connectivity index (χ0v) is 14.9. The first kappa shape index (κ1) is 17.8. The molecule has 1 aromatic heterocycles. The molecule has 2 rings (SSSR count). The number of ketones is 1. The average molecular weight is 328 g/mol. The Bertz CT molecular complexity index is 755. The van der Waals surface area contributed by atoms with Crippen LogP contribution >= 0.6 is 0 Å². The number of rotatable bonds is 6. The van der Waals surface area contributed by atoms with Gasteiger partial charge in [-0.2, -0.15) is 0 Å². The first-order valence-electron chi connectivity index (χ1n) is 8.05. The molecule has 0 spiro atoms. The highest BCUT2D eigenvalue weighted by atomic mass is 16.5. The zero-order chi connectivity index (χ0) is 17.9. The Labute approximate surface area is 142 Å². The molecule has 0 aliphatic rings. The predicted molar refractivity (Wildman–Crippen MR) is 94.0 cm³/mol. The number of nitrogens with one attached hydrogen (secondary N) is 2. The number of H-pyrrole nitrogens is 1. The number of carbonyl (C=O) groups excluding carboxylic acids is 2. The molecular weight excluding hydrogens is 304 g/mol. The number of aryl methyl sites for hydroxylation is 3. The third kappa shape index (κ3) is 3.85. The maximum Gasteiger partial charge on any atom is 0.267 e. The normalized spacial score (nSPS) is 10.5. The Balaban J connectivity index is 2.16. The second-order valence-corrected chi connectivity index (χ2v) is 6.02. The number of aromatic amines is 1. The average Bonchev–Trinajstić information content (AvgIpc) is 2.79. The topological polar surface area (TPSA) is 71.2 Å². The van der Waals surface area contributed by atoms with Crippen molar-refractivity contribution >= 4 is 11.7 Å². The predicted octanol–water partition coefficient (Wildman–Crippen LogP) is 3.26. The van der Waals surface area contributed by atoms with Crippen molar-refractivity contribution in [3.63, 3.8) is 0 Å². The molecule has 0 bridgehead atoms. The van der Waals surface area contributed by atoms with Crippen molar-refractivity contribution in [2.75, 3.05) is 13.2 Å². The molecule has 1 aromatic carbocycles. The van der Waals surface area contributed by atoms with Gasteiger partial charge >= 0.3 is 0 Å². The van der Waals surface area contributed by atoms with Gasteiger partial charge in [0.1, 0.15) is 11.4 Å². The summed E-state index contributed by atoms with van der Waals surface area (Å²) in [4.78, 5) is 27.6. The molecule has 5 nitrogen and oxygen atoms in total. The van der Waals surface area contributed by atoms with Crippen molar-refractivity contribution in [1.82, 2.24) is 10.3 Å². The van der Waals surface area contributed by atoms with Crippen LogP contribution in [0.1, 0.15) is 50.2 Å². The molecule has 2 N–H and O–H groups in total. The van der Waals surface area contributed by atoms with Crippen LogP contribution in [0.15, 0.2) is 18.2 Å². The Hall–Kier alpha value is -2.56. The van der Waals surface area contributed by atoms with Gasteiger partial charge in [0.2, 0.25) is 5.78 Å². The summed E-state index contributed by atoms with van der Waals surface area (Å²) in [5, 5.41) is 2.74. The van der Waals surface area contributed by atoms with E-state index in [-0.39, 0.29) is 18.3 Å². The van der Waals surface area contributed by atoms with Crippen molar-refractivity contribution in [2.24, 2.45) is 0 Å². The summed E-state index contributed by atoms with van der Waals surface area (Å²) < 4.78 is 5.65. The van der Waals surface area contributed by atoms with Gasteiger partial charge in [-0.15, -0.1) is 0 Å². The number of hydrogen-bond donors (Lipinski definition) is 2. The zero-order valence-electron chi connectivity index (χ0n) is 14.9. The molecule has 0 fully saturated rings. The van der Waals surface area contributed by atoms with Crippen LogP contribution in [0.5, 0.6) is 5.75 Å². The van der Waals surface area contributed by atoms with Crippen LogP contribution in [0.4, 0.5) is 0 Å². The molecular formula is C19H24N2O3. The van der Waals surface area contributed by atoms with Gasteiger partial charge in [-0.3, -0.25) is 9.59 Å². The Morgan fingerprint density at radius 3 is 2.29 bits per heavy atom. The quantitative estimate of drug-likeness (QED) is 0.800. The molecule has 0 aliphatic carbocycles. The van der Waals surface area contributed by atoms with Crippen LogP contribution in [0.2, 0.25) is 0 Å². The van der Waals surface area contributed by atoms with E-state index in [1.807, 2.05) is 39.0 Å². The molecule has 0 atom stereocenters. The highest BCUT2D eigenvalue weighted by Crippen LogP contribution is 2.20. The summed E-state index contributed by atoms with van der Waals surface area (Å²) in [7, 11) is 0. The van der Waals surface area contributed by atoms with E-state index in [1.165, 1.54) is 0 Å². The molecule has 1 heterocycles. The van der Waals surface area contributed by atoms with E-state index < -0.39 is 0 Å². The van der Waals surface area contributed by atoms with Crippen LogP contribution in [-0.2, 0) is 0 Å². The van der Waals surface area contributed by atoms with Gasteiger partial charge in [-0.25, -0.2) is 0 Å². The monoisotopic (exact) mass is 328 g/mol. The molecule has 0 radical (unpaired) electrons. The lowest BCUT2D eigenvalue weighted by Crippen LogP contribution is -2.24. The first-order chi connectivity index (χ1) is 11.3. The SMILES string of the molecule is CCNC(=O)c1[nH]c(C)c(C(=O)COc2cc(C)cc(C)c2)c1C. The van der Waals surface area contributed by atoms with E-state index in [0.29, 0.717) is 34.8 Å². The lowest BCUT2D eigenvalue weighted by atomic mass is 10.1. The van der Waals surface area contributed by atoms with Gasteiger partial charge in [-0.05, 0) is 63.4 Å². The number of ether oxygens (including phenoxy) is 1. The summed E-state index contributed by atoms with van der Waals surface area (Å²) in [6.07, 6.45) is 0. The van der Waals surface area contributed by atoms with Crippen LogP contribution in [-0.4, -0.2) is 29.8 Å². The van der Waals surface area contributed by atoms with E-state index in [4.69, 9.17) is 4.74 Å². The van der Waals surface area contributed by atoms with E-state index in [0.717, 1.165) is 11.1 Å². The first-order valence-corrected chi connectivity index (χ1v) is 8.05. The van der Waals surface area contributed by atoms with Gasteiger partial charge in [-0.1, -0.05) is 6.07 Å². The fourth-order valence-electron chi connectivity index (χ4n) is 2.88. The molecule has 0 saturated carbocycles. The summed E-state index contributed by atoms with van der Waals surface area (Å²) in [5.74, 6) is 0.332. The van der Waals surface area contributed by atoms with Crippen molar-refractivity contribution in [3.05, 3.63) is 51.8 Å². The standard InChI is InChI=1S/C19H24N2O3/c1-6-20-19(23)18-13(4)17(14(5)21-18)16(22)10-24-15-8-11(2)7-12(3)9-15/h7-9,21H,6,10H2,1-5H3,(H,20,23). The van der Waals surface area contributed by atoms with E-state index in [2.05, 4.69) is 10.3 Å². The van der Waals surface area contributed by atoms with Gasteiger partial charge in [0.05, 0.1) is 0 Å². The summed E-state index contributed by atoms with van der Waals surface area (Å²) in [6, 6.07) is 5.85. The summed E-state index contributed by atoms with van der Waals surface area (Å²) in [5.41, 5.74) is 4.48. The lowest BCUT2D eigenvalue weighted by Gasteiger charge is -2.08. The fourth-order valence-corrected chi connectivity index (χ4v) is 2.88. The minimum absolute atomic E-state index is 0.0583. The van der Waals surface area contributed by atoms with E-state index in [1.54, 1.807) is 13.8 Å². The second kappa shape index (κ2) is 7.34. The van der Waals surface area contributed by atoms with Crippen molar-refractivity contribution < 1.29 is 14.3 Å². The number of carbonyl (C=O) groups is 2. The van der Waals surface area contributed by atoms with Crippen molar-refractivity contribution in [2.45, 2.75) is 34.6 Å². The van der Waals surface area contributed by atoms with Gasteiger partial charge < -0.3 is 15.0 Å². The Morgan fingerprint density at radius 1 is 1.08 bits per heavy atom. The third-order valence-electron chi connectivity index (χ3n) is 3.85. The van der Waals surface area contributed by atoms with Crippen LogP contribution in [0.3, 0.4) is 0 Å². The minimum Gasteiger partial charge on any atom is -0.485 e. The number of amides is 1. The molecule has 2 aromatic rings. The van der Waals surface area contributed by atoms with Crippen molar-refractivity contribution in [1.29, 1.82) is 0 Å². The summed E-state index contributed by atoms with van der Waals surface area (Å²) in [6.45, 7) is 9.87. The molecule has 128 valence electrons. The fraction of sp³-hybridized carbons (Fsp3) is 0.368. The maximum absolute atomic E-state index is 12.5. The molecule has 24 heavy (non-hydrogen) atoms. The maximum atomic E-state index is 12.5.